The second-order valence-corrected chi connectivity index (χ2v) is 4.86. The van der Waals surface area contributed by atoms with Gasteiger partial charge in [0.1, 0.15) is 0 Å². The van der Waals surface area contributed by atoms with Crippen molar-refractivity contribution in [3.63, 3.8) is 0 Å². The lowest BCUT2D eigenvalue weighted by atomic mass is 10.1. The molecule has 104 valence electrons. The van der Waals surface area contributed by atoms with Crippen LogP contribution in [0, 0.1) is 6.92 Å². The van der Waals surface area contributed by atoms with Gasteiger partial charge in [0.15, 0.2) is 0 Å². The molecule has 4 nitrogen and oxygen atoms in total. The standard InChI is InChI=1S/C17H15N3O/c1-12-5-4-6-13(9-12)17(21)20-19-11-14-10-18-16-8-3-2-7-15(14)16/h2-11,18H,1H3,(H,20,21)/b19-11+. The van der Waals surface area contributed by atoms with E-state index < -0.39 is 0 Å². The van der Waals surface area contributed by atoms with Gasteiger partial charge in [-0.15, -0.1) is 0 Å². The van der Waals surface area contributed by atoms with Crippen LogP contribution in [0.3, 0.4) is 0 Å². The van der Waals surface area contributed by atoms with E-state index in [-0.39, 0.29) is 5.91 Å². The largest absolute Gasteiger partial charge is 0.361 e. The van der Waals surface area contributed by atoms with E-state index >= 15 is 0 Å². The SMILES string of the molecule is Cc1cccc(C(=O)N/N=C/c2c[nH]c3ccccc23)c1. The minimum Gasteiger partial charge on any atom is -0.361 e. The Morgan fingerprint density at radius 1 is 1.19 bits per heavy atom. The molecule has 0 unspecified atom stereocenters. The lowest BCUT2D eigenvalue weighted by Gasteiger charge is -2.00. The summed E-state index contributed by atoms with van der Waals surface area (Å²) in [7, 11) is 0. The average Bonchev–Trinajstić information content (AvgIpc) is 2.91. The Kier molecular flexibility index (Phi) is 3.51. The predicted octanol–water partition coefficient (Wildman–Crippen LogP) is 3.24. The molecule has 21 heavy (non-hydrogen) atoms. The van der Waals surface area contributed by atoms with Crippen LogP contribution in [0.2, 0.25) is 0 Å². The molecule has 0 saturated heterocycles. The van der Waals surface area contributed by atoms with Crippen LogP contribution in [0.4, 0.5) is 0 Å². The van der Waals surface area contributed by atoms with Gasteiger partial charge in [0.2, 0.25) is 0 Å². The number of carbonyl (C=O) groups excluding carboxylic acids is 1. The maximum atomic E-state index is 12.0. The summed E-state index contributed by atoms with van der Waals surface area (Å²) in [5, 5.41) is 5.10. The number of hydrogen-bond donors (Lipinski definition) is 2. The van der Waals surface area contributed by atoms with Gasteiger partial charge in [0.25, 0.3) is 5.91 Å². The first kappa shape index (κ1) is 13.1. The van der Waals surface area contributed by atoms with Gasteiger partial charge in [-0.25, -0.2) is 5.43 Å². The molecule has 3 rings (SSSR count). The highest BCUT2D eigenvalue weighted by Gasteiger charge is 2.04. The normalized spacial score (nSPS) is 11.1. The Bertz CT molecular complexity index is 818. The lowest BCUT2D eigenvalue weighted by molar-refractivity contribution is 0.0955. The molecule has 0 radical (unpaired) electrons. The number of hydrogen-bond acceptors (Lipinski definition) is 2. The summed E-state index contributed by atoms with van der Waals surface area (Å²) in [5.41, 5.74) is 6.18. The van der Waals surface area contributed by atoms with Gasteiger partial charge in [-0.3, -0.25) is 4.79 Å². The van der Waals surface area contributed by atoms with Gasteiger partial charge in [-0.1, -0.05) is 35.9 Å². The first-order chi connectivity index (χ1) is 10.2. The number of aromatic amines is 1. The zero-order chi connectivity index (χ0) is 14.7. The molecule has 0 fully saturated rings. The summed E-state index contributed by atoms with van der Waals surface area (Å²) in [6.45, 7) is 1.95. The summed E-state index contributed by atoms with van der Waals surface area (Å²) < 4.78 is 0. The number of rotatable bonds is 3. The van der Waals surface area contributed by atoms with Crippen LogP contribution in [0.1, 0.15) is 21.5 Å². The number of benzene rings is 2. The van der Waals surface area contributed by atoms with E-state index in [1.165, 1.54) is 0 Å². The molecule has 0 atom stereocenters. The predicted molar refractivity (Wildman–Crippen MR) is 84.5 cm³/mol. The number of H-pyrrole nitrogens is 1. The van der Waals surface area contributed by atoms with E-state index in [1.54, 1.807) is 12.3 Å². The summed E-state index contributed by atoms with van der Waals surface area (Å²) in [6, 6.07) is 15.4. The van der Waals surface area contributed by atoms with Crippen LogP contribution in [0.25, 0.3) is 10.9 Å². The van der Waals surface area contributed by atoms with E-state index in [0.717, 1.165) is 22.0 Å². The first-order valence-corrected chi connectivity index (χ1v) is 6.70. The topological polar surface area (TPSA) is 57.2 Å². The van der Waals surface area contributed by atoms with Gasteiger partial charge in [0.05, 0.1) is 6.21 Å². The molecular weight excluding hydrogens is 262 g/mol. The first-order valence-electron chi connectivity index (χ1n) is 6.70. The molecule has 1 heterocycles. The fraction of sp³-hybridized carbons (Fsp3) is 0.0588. The maximum Gasteiger partial charge on any atom is 0.271 e. The molecule has 0 saturated carbocycles. The third kappa shape index (κ3) is 2.84. The highest BCUT2D eigenvalue weighted by molar-refractivity contribution is 6.00. The van der Waals surface area contributed by atoms with Crippen LogP contribution in [0.15, 0.2) is 59.8 Å². The molecule has 0 aliphatic heterocycles. The highest BCUT2D eigenvalue weighted by atomic mass is 16.2. The second kappa shape index (κ2) is 5.63. The van der Waals surface area contributed by atoms with E-state index in [4.69, 9.17) is 0 Å². The molecule has 0 bridgehead atoms. The lowest BCUT2D eigenvalue weighted by Crippen LogP contribution is -2.17. The van der Waals surface area contributed by atoms with Crippen molar-refractivity contribution < 1.29 is 4.79 Å². The third-order valence-electron chi connectivity index (χ3n) is 3.27. The molecular formula is C17H15N3O. The quantitative estimate of drug-likeness (QED) is 0.560. The highest BCUT2D eigenvalue weighted by Crippen LogP contribution is 2.15. The maximum absolute atomic E-state index is 12.0. The van der Waals surface area contributed by atoms with E-state index in [1.807, 2.05) is 55.6 Å². The summed E-state index contributed by atoms with van der Waals surface area (Å²) in [4.78, 5) is 15.1. The number of aromatic nitrogens is 1. The summed E-state index contributed by atoms with van der Waals surface area (Å²) in [5.74, 6) is -0.213. The number of nitrogens with one attached hydrogen (secondary N) is 2. The fourth-order valence-electron chi connectivity index (χ4n) is 2.21. The monoisotopic (exact) mass is 277 g/mol. The minimum atomic E-state index is -0.213. The molecule has 0 aliphatic rings. The number of aryl methyl sites for hydroxylation is 1. The van der Waals surface area contributed by atoms with Crippen LogP contribution in [0.5, 0.6) is 0 Å². The summed E-state index contributed by atoms with van der Waals surface area (Å²) in [6.07, 6.45) is 3.51. The van der Waals surface area contributed by atoms with Crippen molar-refractivity contribution in [2.75, 3.05) is 0 Å². The Morgan fingerprint density at radius 2 is 2.05 bits per heavy atom. The smallest absolute Gasteiger partial charge is 0.271 e. The van der Waals surface area contributed by atoms with Crippen molar-refractivity contribution in [1.29, 1.82) is 0 Å². The molecule has 1 amide bonds. The second-order valence-electron chi connectivity index (χ2n) is 4.86. The van der Waals surface area contributed by atoms with Gasteiger partial charge < -0.3 is 4.98 Å². The van der Waals surface area contributed by atoms with Gasteiger partial charge in [-0.2, -0.15) is 5.10 Å². The number of amides is 1. The van der Waals surface area contributed by atoms with Gasteiger partial charge in [0, 0.05) is 28.2 Å². The Hall–Kier alpha value is -2.88. The molecule has 2 aromatic carbocycles. The number of hydrazone groups is 1. The number of carbonyl (C=O) groups is 1. The average molecular weight is 277 g/mol. The summed E-state index contributed by atoms with van der Waals surface area (Å²) >= 11 is 0. The zero-order valence-electron chi connectivity index (χ0n) is 11.6. The number of nitrogens with zero attached hydrogens (tertiary/aromatic N) is 1. The van der Waals surface area contributed by atoms with Crippen molar-refractivity contribution in [3.05, 3.63) is 71.4 Å². The van der Waals surface area contributed by atoms with Crippen LogP contribution < -0.4 is 5.43 Å². The molecule has 4 heteroatoms. The van der Waals surface area contributed by atoms with Crippen molar-refractivity contribution in [2.24, 2.45) is 5.10 Å². The Balaban J connectivity index is 1.74. The fourth-order valence-corrected chi connectivity index (χ4v) is 2.21. The molecule has 3 aromatic rings. The van der Waals surface area contributed by atoms with Crippen LogP contribution >= 0.6 is 0 Å². The van der Waals surface area contributed by atoms with E-state index in [0.29, 0.717) is 5.56 Å². The zero-order valence-corrected chi connectivity index (χ0v) is 11.6. The number of fused-ring (bicyclic) bond motifs is 1. The Labute approximate surface area is 122 Å². The van der Waals surface area contributed by atoms with Crippen molar-refractivity contribution in [2.45, 2.75) is 6.92 Å². The molecule has 1 aromatic heterocycles. The third-order valence-corrected chi connectivity index (χ3v) is 3.27. The van der Waals surface area contributed by atoms with Gasteiger partial charge >= 0.3 is 0 Å². The van der Waals surface area contributed by atoms with Crippen molar-refractivity contribution >= 4 is 23.0 Å². The molecule has 2 N–H and O–H groups in total. The Morgan fingerprint density at radius 3 is 2.90 bits per heavy atom. The van der Waals surface area contributed by atoms with Crippen molar-refractivity contribution in [3.8, 4) is 0 Å². The molecule has 0 aliphatic carbocycles. The van der Waals surface area contributed by atoms with E-state index in [9.17, 15) is 4.79 Å². The van der Waals surface area contributed by atoms with E-state index in [2.05, 4.69) is 15.5 Å². The number of para-hydroxylation sites is 1. The minimum absolute atomic E-state index is 0.213. The van der Waals surface area contributed by atoms with Crippen LogP contribution in [-0.2, 0) is 0 Å². The van der Waals surface area contributed by atoms with Crippen molar-refractivity contribution in [1.82, 2.24) is 10.4 Å². The van der Waals surface area contributed by atoms with Crippen LogP contribution in [-0.4, -0.2) is 17.1 Å². The van der Waals surface area contributed by atoms with Gasteiger partial charge in [-0.05, 0) is 25.1 Å². The molecule has 0 spiro atoms.